The van der Waals surface area contributed by atoms with Crippen molar-refractivity contribution in [2.45, 2.75) is 44.9 Å². The van der Waals surface area contributed by atoms with Gasteiger partial charge in [0.1, 0.15) is 0 Å². The van der Waals surface area contributed by atoms with E-state index in [-0.39, 0.29) is 12.1 Å². The van der Waals surface area contributed by atoms with Gasteiger partial charge in [-0.1, -0.05) is 19.1 Å². The molecule has 5 nitrogen and oxygen atoms in total. The number of ether oxygens (including phenoxy) is 1. The fourth-order valence-electron chi connectivity index (χ4n) is 2.51. The maximum atomic E-state index is 11.9. The van der Waals surface area contributed by atoms with Crippen LogP contribution >= 0.6 is 0 Å². The Morgan fingerprint density at radius 2 is 2.00 bits per heavy atom. The lowest BCUT2D eigenvalue weighted by atomic mass is 9.89. The minimum Gasteiger partial charge on any atom is -0.381 e. The minimum atomic E-state index is -0.151. The van der Waals surface area contributed by atoms with Crippen molar-refractivity contribution in [2.24, 2.45) is 0 Å². The molecule has 1 unspecified atom stereocenters. The van der Waals surface area contributed by atoms with Crippen LogP contribution < -0.4 is 16.0 Å². The Kier molecular flexibility index (Phi) is 5.59. The van der Waals surface area contributed by atoms with Crippen LogP contribution in [0, 0.1) is 0 Å². The Morgan fingerprint density at radius 1 is 1.33 bits per heavy atom. The molecular weight excluding hydrogens is 266 g/mol. The summed E-state index contributed by atoms with van der Waals surface area (Å²) in [5, 5.41) is 9.17. The van der Waals surface area contributed by atoms with Crippen molar-refractivity contribution in [3.63, 3.8) is 0 Å². The first-order valence-corrected chi connectivity index (χ1v) is 7.56. The maximum absolute atomic E-state index is 11.9. The predicted molar refractivity (Wildman–Crippen MR) is 84.5 cm³/mol. The fraction of sp³-hybridized carbons (Fsp3) is 0.562. The lowest BCUT2D eigenvalue weighted by Crippen LogP contribution is -2.48. The third-order valence-electron chi connectivity index (χ3n) is 3.94. The zero-order chi connectivity index (χ0) is 15.2. The Bertz CT molecular complexity index is 455. The molecule has 1 saturated carbocycles. The first kappa shape index (κ1) is 15.8. The average Bonchev–Trinajstić information content (AvgIpc) is 2.43. The summed E-state index contributed by atoms with van der Waals surface area (Å²) in [6.07, 6.45) is 2.08. The second-order valence-corrected chi connectivity index (χ2v) is 5.53. The van der Waals surface area contributed by atoms with Gasteiger partial charge in [0, 0.05) is 24.9 Å². The number of hydrogen-bond donors (Lipinski definition) is 3. The van der Waals surface area contributed by atoms with E-state index in [2.05, 4.69) is 29.8 Å². The lowest BCUT2D eigenvalue weighted by Gasteiger charge is -2.34. The summed E-state index contributed by atoms with van der Waals surface area (Å²) in [5.74, 6) is 0. The van der Waals surface area contributed by atoms with Gasteiger partial charge in [-0.15, -0.1) is 0 Å². The third-order valence-corrected chi connectivity index (χ3v) is 3.94. The smallest absolute Gasteiger partial charge is 0.319 e. The highest BCUT2D eigenvalue weighted by Crippen LogP contribution is 2.22. The molecule has 21 heavy (non-hydrogen) atoms. The van der Waals surface area contributed by atoms with Crippen LogP contribution in [0.1, 0.15) is 38.3 Å². The number of urea groups is 1. The predicted octanol–water partition coefficient (Wildman–Crippen LogP) is 2.66. The maximum Gasteiger partial charge on any atom is 0.319 e. The quantitative estimate of drug-likeness (QED) is 0.755. The lowest BCUT2D eigenvalue weighted by molar-refractivity contribution is 0.0210. The molecule has 3 N–H and O–H groups in total. The number of hydrogen-bond acceptors (Lipinski definition) is 3. The van der Waals surface area contributed by atoms with Crippen LogP contribution in [0.25, 0.3) is 0 Å². The zero-order valence-corrected chi connectivity index (χ0v) is 13.0. The number of carbonyl (C=O) groups excluding carboxylic acids is 1. The molecular formula is C16H25N3O2. The van der Waals surface area contributed by atoms with E-state index >= 15 is 0 Å². The summed E-state index contributed by atoms with van der Waals surface area (Å²) in [6.45, 7) is 5.15. The summed E-state index contributed by atoms with van der Waals surface area (Å²) >= 11 is 0. The molecule has 1 fully saturated rings. The molecule has 0 radical (unpaired) electrons. The van der Waals surface area contributed by atoms with Crippen LogP contribution in [-0.2, 0) is 4.74 Å². The largest absolute Gasteiger partial charge is 0.381 e. The summed E-state index contributed by atoms with van der Waals surface area (Å²) < 4.78 is 5.19. The van der Waals surface area contributed by atoms with Crippen LogP contribution in [0.15, 0.2) is 24.3 Å². The highest BCUT2D eigenvalue weighted by Gasteiger charge is 2.30. The van der Waals surface area contributed by atoms with Gasteiger partial charge in [-0.05, 0) is 44.0 Å². The summed E-state index contributed by atoms with van der Waals surface area (Å²) in [4.78, 5) is 11.9. The molecule has 5 heteroatoms. The molecule has 2 amide bonds. The van der Waals surface area contributed by atoms with E-state index in [0.29, 0.717) is 12.1 Å². The normalized spacial score (nSPS) is 22.2. The van der Waals surface area contributed by atoms with E-state index in [1.807, 2.05) is 24.3 Å². The van der Waals surface area contributed by atoms with Gasteiger partial charge >= 0.3 is 6.03 Å². The van der Waals surface area contributed by atoms with Gasteiger partial charge in [-0.2, -0.15) is 0 Å². The van der Waals surface area contributed by atoms with Gasteiger partial charge in [0.05, 0.1) is 6.10 Å². The van der Waals surface area contributed by atoms with Crippen molar-refractivity contribution in [1.29, 1.82) is 0 Å². The first-order chi connectivity index (χ1) is 10.1. The highest BCUT2D eigenvalue weighted by molar-refractivity contribution is 5.89. The molecule has 1 aliphatic carbocycles. The molecule has 0 spiro atoms. The topological polar surface area (TPSA) is 62.4 Å². The van der Waals surface area contributed by atoms with Crippen molar-refractivity contribution in [1.82, 2.24) is 10.6 Å². The molecule has 2 rings (SSSR count). The molecule has 0 heterocycles. The standard InChI is InChI=1S/C16H25N3O2/c1-4-17-11(2)12-5-7-13(8-6-12)18-16(20)19-14-9-15(10-14)21-3/h5-8,11,14-15,17H,4,9-10H2,1-3H3,(H2,18,19,20). The van der Waals surface area contributed by atoms with Crippen LogP contribution in [0.2, 0.25) is 0 Å². The van der Waals surface area contributed by atoms with Gasteiger partial charge < -0.3 is 20.7 Å². The van der Waals surface area contributed by atoms with E-state index in [4.69, 9.17) is 4.74 Å². The first-order valence-electron chi connectivity index (χ1n) is 7.56. The summed E-state index contributed by atoms with van der Waals surface area (Å²) in [7, 11) is 1.71. The molecule has 0 saturated heterocycles. The number of nitrogens with one attached hydrogen (secondary N) is 3. The van der Waals surface area contributed by atoms with E-state index in [1.165, 1.54) is 5.56 Å². The van der Waals surface area contributed by atoms with Gasteiger partial charge in [-0.25, -0.2) is 4.79 Å². The Morgan fingerprint density at radius 3 is 2.57 bits per heavy atom. The van der Waals surface area contributed by atoms with Crippen molar-refractivity contribution < 1.29 is 9.53 Å². The number of benzene rings is 1. The second kappa shape index (κ2) is 7.43. The van der Waals surface area contributed by atoms with Crippen molar-refractivity contribution in [2.75, 3.05) is 19.0 Å². The van der Waals surface area contributed by atoms with Crippen LogP contribution in [0.5, 0.6) is 0 Å². The highest BCUT2D eigenvalue weighted by atomic mass is 16.5. The molecule has 0 aromatic heterocycles. The van der Waals surface area contributed by atoms with Crippen LogP contribution in [-0.4, -0.2) is 31.8 Å². The number of carbonyl (C=O) groups is 1. The SMILES string of the molecule is CCNC(C)c1ccc(NC(=O)NC2CC(OC)C2)cc1. The molecule has 1 aromatic carbocycles. The molecule has 0 aliphatic heterocycles. The number of methoxy groups -OCH3 is 1. The monoisotopic (exact) mass is 291 g/mol. The van der Waals surface area contributed by atoms with Crippen LogP contribution in [0.4, 0.5) is 10.5 Å². The summed E-state index contributed by atoms with van der Waals surface area (Å²) in [6, 6.07) is 8.33. The molecule has 1 aliphatic rings. The van der Waals surface area contributed by atoms with E-state index in [0.717, 1.165) is 25.1 Å². The number of anilines is 1. The van der Waals surface area contributed by atoms with E-state index < -0.39 is 0 Å². The van der Waals surface area contributed by atoms with Gasteiger partial charge in [0.2, 0.25) is 0 Å². The van der Waals surface area contributed by atoms with Crippen molar-refractivity contribution >= 4 is 11.7 Å². The zero-order valence-electron chi connectivity index (χ0n) is 13.0. The van der Waals surface area contributed by atoms with Crippen LogP contribution in [0.3, 0.4) is 0 Å². The fourth-order valence-corrected chi connectivity index (χ4v) is 2.51. The molecule has 1 aromatic rings. The molecule has 116 valence electrons. The summed E-state index contributed by atoms with van der Waals surface area (Å²) in [5.41, 5.74) is 2.02. The molecule has 0 bridgehead atoms. The Balaban J connectivity index is 1.79. The van der Waals surface area contributed by atoms with E-state index in [9.17, 15) is 4.79 Å². The minimum absolute atomic E-state index is 0.151. The van der Waals surface area contributed by atoms with E-state index in [1.54, 1.807) is 7.11 Å². The van der Waals surface area contributed by atoms with Crippen molar-refractivity contribution in [3.05, 3.63) is 29.8 Å². The second-order valence-electron chi connectivity index (χ2n) is 5.53. The van der Waals surface area contributed by atoms with Gasteiger partial charge in [0.25, 0.3) is 0 Å². The van der Waals surface area contributed by atoms with Gasteiger partial charge in [-0.3, -0.25) is 0 Å². The van der Waals surface area contributed by atoms with Gasteiger partial charge in [0.15, 0.2) is 0 Å². The number of rotatable bonds is 6. The van der Waals surface area contributed by atoms with Crippen molar-refractivity contribution in [3.8, 4) is 0 Å². The third kappa shape index (κ3) is 4.44. The number of amides is 2. The Labute approximate surface area is 126 Å². The molecule has 1 atom stereocenters. The average molecular weight is 291 g/mol. The Hall–Kier alpha value is -1.59.